The van der Waals surface area contributed by atoms with Crippen LogP contribution in [0.3, 0.4) is 0 Å². The molecule has 1 saturated carbocycles. The van der Waals surface area contributed by atoms with Crippen LogP contribution in [0.1, 0.15) is 52.9 Å². The van der Waals surface area contributed by atoms with E-state index in [0.717, 1.165) is 25.7 Å². The fourth-order valence-electron chi connectivity index (χ4n) is 2.08. The maximum atomic E-state index is 11.8. The van der Waals surface area contributed by atoms with E-state index in [1.54, 1.807) is 0 Å². The molecule has 0 aromatic rings. The van der Waals surface area contributed by atoms with E-state index in [1.165, 1.54) is 0 Å². The van der Waals surface area contributed by atoms with Crippen molar-refractivity contribution in [3.63, 3.8) is 0 Å². The van der Waals surface area contributed by atoms with Crippen molar-refractivity contribution in [1.82, 2.24) is 5.32 Å². The lowest BCUT2D eigenvalue weighted by molar-refractivity contribution is -0.123. The van der Waals surface area contributed by atoms with Crippen LogP contribution in [-0.4, -0.2) is 18.0 Å². The Balaban J connectivity index is 0.00000256. The van der Waals surface area contributed by atoms with E-state index in [0.29, 0.717) is 30.3 Å². The number of carbonyl (C=O) groups is 1. The molecule has 1 rings (SSSR count). The van der Waals surface area contributed by atoms with E-state index in [4.69, 9.17) is 5.73 Å². The highest BCUT2D eigenvalue weighted by atomic mass is 35.5. The van der Waals surface area contributed by atoms with Crippen LogP contribution in [0.15, 0.2) is 0 Å². The fraction of sp³-hybridized carbons (Fsp3) is 0.923. The average Bonchev–Trinajstić information content (AvgIpc) is 2.21. The summed E-state index contributed by atoms with van der Waals surface area (Å²) in [4.78, 5) is 11.8. The van der Waals surface area contributed by atoms with E-state index in [-0.39, 0.29) is 18.3 Å². The van der Waals surface area contributed by atoms with Gasteiger partial charge < -0.3 is 11.1 Å². The number of hydrogen-bond acceptors (Lipinski definition) is 2. The van der Waals surface area contributed by atoms with Gasteiger partial charge in [0.25, 0.3) is 0 Å². The highest BCUT2D eigenvalue weighted by molar-refractivity contribution is 5.85. The molecule has 0 aromatic carbocycles. The largest absolute Gasteiger partial charge is 0.353 e. The molecule has 0 saturated heterocycles. The van der Waals surface area contributed by atoms with Gasteiger partial charge in [0.05, 0.1) is 0 Å². The maximum absolute atomic E-state index is 11.8. The SMILES string of the molecule is CC(C)C(C)CC(=O)NC1CCC(N)CC1.Cl. The van der Waals surface area contributed by atoms with Gasteiger partial charge in [0.1, 0.15) is 0 Å². The minimum Gasteiger partial charge on any atom is -0.353 e. The molecule has 3 N–H and O–H groups in total. The van der Waals surface area contributed by atoms with Crippen molar-refractivity contribution in [1.29, 1.82) is 0 Å². The van der Waals surface area contributed by atoms with Crippen LogP contribution in [-0.2, 0) is 4.79 Å². The summed E-state index contributed by atoms with van der Waals surface area (Å²) in [5.74, 6) is 1.25. The first-order valence-electron chi connectivity index (χ1n) is 6.54. The summed E-state index contributed by atoms with van der Waals surface area (Å²) in [6.07, 6.45) is 4.83. The first kappa shape index (κ1) is 16.7. The van der Waals surface area contributed by atoms with Gasteiger partial charge in [-0.2, -0.15) is 0 Å². The lowest BCUT2D eigenvalue weighted by Gasteiger charge is -2.27. The number of nitrogens with one attached hydrogen (secondary N) is 1. The second-order valence-corrected chi connectivity index (χ2v) is 5.60. The summed E-state index contributed by atoms with van der Waals surface area (Å²) in [5.41, 5.74) is 5.84. The molecule has 0 radical (unpaired) electrons. The Hall–Kier alpha value is -0.280. The smallest absolute Gasteiger partial charge is 0.220 e. The Labute approximate surface area is 111 Å². The molecule has 17 heavy (non-hydrogen) atoms. The van der Waals surface area contributed by atoms with E-state index in [9.17, 15) is 4.79 Å². The molecular weight excluding hydrogens is 236 g/mol. The first-order valence-corrected chi connectivity index (χ1v) is 6.54. The van der Waals surface area contributed by atoms with Crippen LogP contribution in [0.4, 0.5) is 0 Å². The highest BCUT2D eigenvalue weighted by Crippen LogP contribution is 2.18. The van der Waals surface area contributed by atoms with E-state index in [2.05, 4.69) is 26.1 Å². The van der Waals surface area contributed by atoms with Gasteiger partial charge in [-0.15, -0.1) is 12.4 Å². The summed E-state index contributed by atoms with van der Waals surface area (Å²) in [6.45, 7) is 6.47. The lowest BCUT2D eigenvalue weighted by atomic mass is 9.90. The Bertz CT molecular complexity index is 225. The normalized spacial score (nSPS) is 26.2. The van der Waals surface area contributed by atoms with Crippen molar-refractivity contribution in [3.05, 3.63) is 0 Å². The van der Waals surface area contributed by atoms with Crippen molar-refractivity contribution < 1.29 is 4.79 Å². The van der Waals surface area contributed by atoms with Gasteiger partial charge in [0.2, 0.25) is 5.91 Å². The van der Waals surface area contributed by atoms with E-state index >= 15 is 0 Å². The van der Waals surface area contributed by atoms with Crippen molar-refractivity contribution in [2.24, 2.45) is 17.6 Å². The summed E-state index contributed by atoms with van der Waals surface area (Å²) < 4.78 is 0. The number of amides is 1. The summed E-state index contributed by atoms with van der Waals surface area (Å²) in [5, 5.41) is 3.13. The summed E-state index contributed by atoms with van der Waals surface area (Å²) in [7, 11) is 0. The van der Waals surface area contributed by atoms with Crippen molar-refractivity contribution in [2.75, 3.05) is 0 Å². The Morgan fingerprint density at radius 2 is 1.76 bits per heavy atom. The predicted molar refractivity (Wildman–Crippen MR) is 74.2 cm³/mol. The topological polar surface area (TPSA) is 55.1 Å². The highest BCUT2D eigenvalue weighted by Gasteiger charge is 2.21. The fourth-order valence-corrected chi connectivity index (χ4v) is 2.08. The minimum atomic E-state index is 0. The number of halogens is 1. The number of rotatable bonds is 4. The lowest BCUT2D eigenvalue weighted by Crippen LogP contribution is -2.41. The molecule has 0 aromatic heterocycles. The third kappa shape index (κ3) is 6.27. The number of nitrogens with two attached hydrogens (primary N) is 1. The Morgan fingerprint density at radius 3 is 2.24 bits per heavy atom. The molecule has 1 amide bonds. The zero-order chi connectivity index (χ0) is 12.1. The zero-order valence-corrected chi connectivity index (χ0v) is 12.1. The van der Waals surface area contributed by atoms with Crippen LogP contribution in [0.2, 0.25) is 0 Å². The second-order valence-electron chi connectivity index (χ2n) is 5.60. The molecule has 0 bridgehead atoms. The summed E-state index contributed by atoms with van der Waals surface area (Å²) in [6, 6.07) is 0.717. The molecule has 102 valence electrons. The minimum absolute atomic E-state index is 0. The summed E-state index contributed by atoms with van der Waals surface area (Å²) >= 11 is 0. The van der Waals surface area contributed by atoms with Crippen LogP contribution in [0, 0.1) is 11.8 Å². The van der Waals surface area contributed by atoms with Gasteiger partial charge in [-0.3, -0.25) is 4.79 Å². The Morgan fingerprint density at radius 1 is 1.24 bits per heavy atom. The van der Waals surface area contributed by atoms with Crippen LogP contribution >= 0.6 is 12.4 Å². The second kappa shape index (κ2) is 7.93. The molecule has 0 heterocycles. The van der Waals surface area contributed by atoms with Crippen LogP contribution in [0.25, 0.3) is 0 Å². The third-order valence-corrected chi connectivity index (χ3v) is 3.78. The van der Waals surface area contributed by atoms with E-state index < -0.39 is 0 Å². The van der Waals surface area contributed by atoms with Crippen molar-refractivity contribution in [3.8, 4) is 0 Å². The molecule has 4 heteroatoms. The molecule has 1 aliphatic carbocycles. The van der Waals surface area contributed by atoms with Crippen molar-refractivity contribution >= 4 is 18.3 Å². The molecule has 0 spiro atoms. The Kier molecular flexibility index (Phi) is 7.80. The number of hydrogen-bond donors (Lipinski definition) is 2. The zero-order valence-electron chi connectivity index (χ0n) is 11.2. The molecule has 0 aliphatic heterocycles. The molecular formula is C13H27ClN2O. The molecule has 1 aliphatic rings. The predicted octanol–water partition coefficient (Wildman–Crippen LogP) is 2.48. The maximum Gasteiger partial charge on any atom is 0.220 e. The van der Waals surface area contributed by atoms with Crippen LogP contribution in [0.5, 0.6) is 0 Å². The molecule has 1 fully saturated rings. The van der Waals surface area contributed by atoms with E-state index in [1.807, 2.05) is 0 Å². The quantitative estimate of drug-likeness (QED) is 0.818. The van der Waals surface area contributed by atoms with Gasteiger partial charge in [0, 0.05) is 18.5 Å². The first-order chi connectivity index (χ1) is 7.49. The standard InChI is InChI=1S/C13H26N2O.ClH/c1-9(2)10(3)8-13(16)15-12-6-4-11(14)5-7-12;/h9-12H,4-8,14H2,1-3H3,(H,15,16);1H. The monoisotopic (exact) mass is 262 g/mol. The van der Waals surface area contributed by atoms with Gasteiger partial charge >= 0.3 is 0 Å². The van der Waals surface area contributed by atoms with Gasteiger partial charge in [-0.25, -0.2) is 0 Å². The van der Waals surface area contributed by atoms with Crippen LogP contribution < -0.4 is 11.1 Å². The van der Waals surface area contributed by atoms with Gasteiger partial charge in [-0.1, -0.05) is 20.8 Å². The third-order valence-electron chi connectivity index (χ3n) is 3.78. The van der Waals surface area contributed by atoms with Gasteiger partial charge in [0.15, 0.2) is 0 Å². The molecule has 3 nitrogen and oxygen atoms in total. The number of carbonyl (C=O) groups excluding carboxylic acids is 1. The molecule has 1 unspecified atom stereocenters. The average molecular weight is 263 g/mol. The van der Waals surface area contributed by atoms with Crippen molar-refractivity contribution in [2.45, 2.75) is 65.0 Å². The van der Waals surface area contributed by atoms with Gasteiger partial charge in [-0.05, 0) is 37.5 Å². The molecule has 1 atom stereocenters.